The van der Waals surface area contributed by atoms with Gasteiger partial charge < -0.3 is 5.32 Å². The monoisotopic (exact) mass is 435 g/mol. The number of halogens is 1. The van der Waals surface area contributed by atoms with Gasteiger partial charge in [0.1, 0.15) is 0 Å². The number of amides is 3. The van der Waals surface area contributed by atoms with Crippen molar-refractivity contribution in [1.82, 2.24) is 5.32 Å². The van der Waals surface area contributed by atoms with Gasteiger partial charge in [-0.2, -0.15) is 0 Å². The Morgan fingerprint density at radius 3 is 2.20 bits per heavy atom. The number of fused-ring (bicyclic) bond motifs is 1. The SMILES string of the molecule is O=C(NC(=S)Nc1cccc(N2C(=O)c3ccccc3C2=O)c1)c1cccc(Cl)c1. The lowest BCUT2D eigenvalue weighted by Gasteiger charge is -2.16. The van der Waals surface area contributed by atoms with Gasteiger partial charge in [0.05, 0.1) is 16.8 Å². The summed E-state index contributed by atoms with van der Waals surface area (Å²) in [5, 5.41) is 5.97. The van der Waals surface area contributed by atoms with Gasteiger partial charge in [-0.05, 0) is 60.7 Å². The second-order valence-corrected chi connectivity index (χ2v) is 7.30. The fraction of sp³-hybridized carbons (Fsp3) is 0. The minimum atomic E-state index is -0.411. The van der Waals surface area contributed by atoms with Crippen molar-refractivity contribution in [1.29, 1.82) is 0 Å². The molecule has 2 N–H and O–H groups in total. The van der Waals surface area contributed by atoms with E-state index in [4.69, 9.17) is 23.8 Å². The molecule has 0 saturated heterocycles. The van der Waals surface area contributed by atoms with Crippen molar-refractivity contribution in [3.63, 3.8) is 0 Å². The molecule has 0 unspecified atom stereocenters. The lowest BCUT2D eigenvalue weighted by atomic mass is 10.1. The van der Waals surface area contributed by atoms with Crippen LogP contribution in [0.4, 0.5) is 11.4 Å². The molecule has 1 heterocycles. The molecule has 0 radical (unpaired) electrons. The summed E-state index contributed by atoms with van der Waals surface area (Å²) in [4.78, 5) is 38.7. The highest BCUT2D eigenvalue weighted by Crippen LogP contribution is 2.29. The number of carbonyl (C=O) groups is 3. The van der Waals surface area contributed by atoms with E-state index in [0.717, 1.165) is 4.90 Å². The van der Waals surface area contributed by atoms with Crippen LogP contribution in [-0.2, 0) is 0 Å². The van der Waals surface area contributed by atoms with Crippen molar-refractivity contribution in [3.8, 4) is 0 Å². The number of imide groups is 1. The molecule has 3 aromatic rings. The molecule has 3 amide bonds. The Labute approximate surface area is 182 Å². The quantitative estimate of drug-likeness (QED) is 0.474. The first-order valence-corrected chi connectivity index (χ1v) is 9.68. The van der Waals surface area contributed by atoms with Gasteiger partial charge in [-0.1, -0.05) is 35.9 Å². The van der Waals surface area contributed by atoms with E-state index in [1.54, 1.807) is 66.7 Å². The molecule has 6 nitrogen and oxygen atoms in total. The van der Waals surface area contributed by atoms with Crippen LogP contribution in [0, 0.1) is 0 Å². The third kappa shape index (κ3) is 3.80. The van der Waals surface area contributed by atoms with Crippen molar-refractivity contribution >= 4 is 58.0 Å². The Balaban J connectivity index is 1.49. The number of carbonyl (C=O) groups excluding carboxylic acids is 3. The molecule has 8 heteroatoms. The third-order valence-electron chi connectivity index (χ3n) is 4.47. The van der Waals surface area contributed by atoms with Crippen molar-refractivity contribution < 1.29 is 14.4 Å². The van der Waals surface area contributed by atoms with Crippen LogP contribution < -0.4 is 15.5 Å². The van der Waals surface area contributed by atoms with Gasteiger partial charge in [-0.25, -0.2) is 4.90 Å². The maximum Gasteiger partial charge on any atom is 0.266 e. The zero-order valence-corrected chi connectivity index (χ0v) is 17.0. The van der Waals surface area contributed by atoms with Crippen LogP contribution in [-0.4, -0.2) is 22.8 Å². The van der Waals surface area contributed by atoms with Crippen molar-refractivity contribution in [2.45, 2.75) is 0 Å². The first-order chi connectivity index (χ1) is 14.4. The van der Waals surface area contributed by atoms with E-state index in [1.165, 1.54) is 6.07 Å². The van der Waals surface area contributed by atoms with E-state index < -0.39 is 5.91 Å². The van der Waals surface area contributed by atoms with E-state index in [0.29, 0.717) is 33.1 Å². The fourth-order valence-electron chi connectivity index (χ4n) is 3.11. The summed E-state index contributed by atoms with van der Waals surface area (Å²) < 4.78 is 0. The summed E-state index contributed by atoms with van der Waals surface area (Å²) in [6.07, 6.45) is 0. The Hall–Kier alpha value is -3.55. The van der Waals surface area contributed by atoms with E-state index >= 15 is 0 Å². The molecule has 1 aliphatic heterocycles. The molecule has 0 bridgehead atoms. The van der Waals surface area contributed by atoms with Crippen molar-refractivity contribution in [2.75, 3.05) is 10.2 Å². The van der Waals surface area contributed by atoms with Crippen LogP contribution in [0.5, 0.6) is 0 Å². The normalized spacial score (nSPS) is 12.5. The van der Waals surface area contributed by atoms with E-state index in [-0.39, 0.29) is 16.9 Å². The number of hydrogen-bond acceptors (Lipinski definition) is 4. The molecule has 0 aliphatic carbocycles. The van der Waals surface area contributed by atoms with Gasteiger partial charge in [0.2, 0.25) is 0 Å². The predicted molar refractivity (Wildman–Crippen MR) is 119 cm³/mol. The lowest BCUT2D eigenvalue weighted by molar-refractivity contribution is 0.0924. The molecule has 0 saturated carbocycles. The van der Waals surface area contributed by atoms with E-state index in [2.05, 4.69) is 10.6 Å². The largest absolute Gasteiger partial charge is 0.332 e. The topological polar surface area (TPSA) is 78.5 Å². The first kappa shape index (κ1) is 19.8. The van der Waals surface area contributed by atoms with Gasteiger partial charge in [-0.3, -0.25) is 19.7 Å². The van der Waals surface area contributed by atoms with E-state index in [9.17, 15) is 14.4 Å². The Morgan fingerprint density at radius 2 is 1.53 bits per heavy atom. The third-order valence-corrected chi connectivity index (χ3v) is 4.91. The molecular weight excluding hydrogens is 422 g/mol. The van der Waals surface area contributed by atoms with Crippen LogP contribution in [0.1, 0.15) is 31.1 Å². The Bertz CT molecular complexity index is 1180. The second-order valence-electron chi connectivity index (χ2n) is 6.46. The number of hydrogen-bond donors (Lipinski definition) is 2. The maximum absolute atomic E-state index is 12.7. The van der Waals surface area contributed by atoms with Crippen LogP contribution in [0.3, 0.4) is 0 Å². The summed E-state index contributed by atoms with van der Waals surface area (Å²) in [6.45, 7) is 0. The summed E-state index contributed by atoms with van der Waals surface area (Å²) in [7, 11) is 0. The van der Waals surface area contributed by atoms with Gasteiger partial charge in [0.25, 0.3) is 17.7 Å². The van der Waals surface area contributed by atoms with Crippen LogP contribution >= 0.6 is 23.8 Å². The molecule has 30 heavy (non-hydrogen) atoms. The summed E-state index contributed by atoms with van der Waals surface area (Å²) in [5.74, 6) is -1.18. The summed E-state index contributed by atoms with van der Waals surface area (Å²) >= 11 is 11.1. The minimum absolute atomic E-state index is 0.0690. The van der Waals surface area contributed by atoms with Gasteiger partial charge in [0, 0.05) is 16.3 Å². The van der Waals surface area contributed by atoms with Gasteiger partial charge in [0.15, 0.2) is 5.11 Å². The Morgan fingerprint density at radius 1 is 0.867 bits per heavy atom. The highest BCUT2D eigenvalue weighted by Gasteiger charge is 2.36. The molecule has 0 aromatic heterocycles. The van der Waals surface area contributed by atoms with Gasteiger partial charge >= 0.3 is 0 Å². The zero-order chi connectivity index (χ0) is 21.3. The molecule has 148 valence electrons. The fourth-order valence-corrected chi connectivity index (χ4v) is 3.51. The average molecular weight is 436 g/mol. The molecule has 0 fully saturated rings. The maximum atomic E-state index is 12.7. The molecule has 0 atom stereocenters. The number of nitrogens with one attached hydrogen (secondary N) is 2. The zero-order valence-electron chi connectivity index (χ0n) is 15.4. The lowest BCUT2D eigenvalue weighted by Crippen LogP contribution is -2.34. The predicted octanol–water partition coefficient (Wildman–Crippen LogP) is 4.27. The molecule has 0 spiro atoms. The van der Waals surface area contributed by atoms with E-state index in [1.807, 2.05) is 0 Å². The van der Waals surface area contributed by atoms with Crippen LogP contribution in [0.2, 0.25) is 5.02 Å². The molecule has 3 aromatic carbocycles. The average Bonchev–Trinajstić information content (AvgIpc) is 2.99. The highest BCUT2D eigenvalue weighted by atomic mass is 35.5. The molecule has 1 aliphatic rings. The Kier molecular flexibility index (Phi) is 5.31. The second kappa shape index (κ2) is 8.06. The standard InChI is InChI=1S/C22H14ClN3O3S/c23-14-6-3-5-13(11-14)19(27)25-22(30)24-15-7-4-8-16(12-15)26-20(28)17-9-1-2-10-18(17)21(26)29/h1-12H,(H2,24,25,27,30). The molecule has 4 rings (SSSR count). The number of rotatable bonds is 3. The number of nitrogens with zero attached hydrogens (tertiary/aromatic N) is 1. The number of anilines is 2. The van der Waals surface area contributed by atoms with Crippen molar-refractivity contribution in [2.24, 2.45) is 0 Å². The summed E-state index contributed by atoms with van der Waals surface area (Å²) in [6, 6.07) is 19.8. The minimum Gasteiger partial charge on any atom is -0.332 e. The number of benzene rings is 3. The summed E-state index contributed by atoms with van der Waals surface area (Å²) in [5.41, 5.74) is 2.01. The van der Waals surface area contributed by atoms with Gasteiger partial charge in [-0.15, -0.1) is 0 Å². The molecular formula is C22H14ClN3O3S. The van der Waals surface area contributed by atoms with Crippen LogP contribution in [0.15, 0.2) is 72.8 Å². The first-order valence-electron chi connectivity index (χ1n) is 8.90. The van der Waals surface area contributed by atoms with Crippen LogP contribution in [0.25, 0.3) is 0 Å². The smallest absolute Gasteiger partial charge is 0.266 e. The van der Waals surface area contributed by atoms with Crippen molar-refractivity contribution in [3.05, 3.63) is 94.5 Å². The number of thiocarbonyl (C=S) groups is 1. The highest BCUT2D eigenvalue weighted by molar-refractivity contribution is 7.80.